The first-order chi connectivity index (χ1) is 9.54. The van der Waals surface area contributed by atoms with Gasteiger partial charge in [0.05, 0.1) is 18.1 Å². The number of carbonyl (C=O) groups excluding carboxylic acids is 1. The number of urea groups is 1. The SMILES string of the molecule is Cc1[nH]ncc1CNC(=O)Nc1cnn(CC(=O)O)c1. The van der Waals surface area contributed by atoms with Crippen LogP contribution in [0.5, 0.6) is 0 Å². The van der Waals surface area contributed by atoms with E-state index in [1.54, 1.807) is 6.20 Å². The number of aryl methyl sites for hydroxylation is 1. The number of hydrogen-bond acceptors (Lipinski definition) is 4. The second kappa shape index (κ2) is 5.87. The number of nitrogens with zero attached hydrogens (tertiary/aromatic N) is 3. The lowest BCUT2D eigenvalue weighted by Crippen LogP contribution is -2.28. The molecule has 0 bridgehead atoms. The van der Waals surface area contributed by atoms with Crippen molar-refractivity contribution < 1.29 is 14.7 Å². The molecule has 0 aliphatic carbocycles. The van der Waals surface area contributed by atoms with E-state index in [-0.39, 0.29) is 6.54 Å². The van der Waals surface area contributed by atoms with Crippen molar-refractivity contribution in [3.8, 4) is 0 Å². The van der Waals surface area contributed by atoms with Crippen LogP contribution in [0.15, 0.2) is 18.6 Å². The number of amides is 2. The predicted octanol–water partition coefficient (Wildman–Crippen LogP) is 0.321. The number of hydrogen-bond donors (Lipinski definition) is 4. The molecule has 0 saturated carbocycles. The van der Waals surface area contributed by atoms with Gasteiger partial charge in [-0.2, -0.15) is 10.2 Å². The van der Waals surface area contributed by atoms with Gasteiger partial charge in [-0.15, -0.1) is 0 Å². The first kappa shape index (κ1) is 13.6. The smallest absolute Gasteiger partial charge is 0.325 e. The first-order valence-corrected chi connectivity index (χ1v) is 5.82. The molecular weight excluding hydrogens is 264 g/mol. The molecule has 0 unspecified atom stereocenters. The van der Waals surface area contributed by atoms with Crippen LogP contribution in [0, 0.1) is 6.92 Å². The maximum Gasteiger partial charge on any atom is 0.325 e. The summed E-state index contributed by atoms with van der Waals surface area (Å²) in [4.78, 5) is 22.1. The molecule has 106 valence electrons. The summed E-state index contributed by atoms with van der Waals surface area (Å²) in [6.07, 6.45) is 4.46. The Labute approximate surface area is 114 Å². The van der Waals surface area contributed by atoms with E-state index in [4.69, 9.17) is 5.11 Å². The molecule has 4 N–H and O–H groups in total. The number of carboxylic acids is 1. The van der Waals surface area contributed by atoms with Crippen LogP contribution in [0.3, 0.4) is 0 Å². The summed E-state index contributed by atoms with van der Waals surface area (Å²) in [6, 6.07) is -0.402. The third kappa shape index (κ3) is 3.57. The Morgan fingerprint density at radius 3 is 2.90 bits per heavy atom. The van der Waals surface area contributed by atoms with Gasteiger partial charge >= 0.3 is 12.0 Å². The lowest BCUT2D eigenvalue weighted by molar-refractivity contribution is -0.137. The summed E-state index contributed by atoms with van der Waals surface area (Å²) in [6.45, 7) is 1.95. The van der Waals surface area contributed by atoms with Crippen LogP contribution in [0.1, 0.15) is 11.3 Å². The second-order valence-corrected chi connectivity index (χ2v) is 4.15. The zero-order chi connectivity index (χ0) is 14.5. The molecular formula is C11H14N6O3. The van der Waals surface area contributed by atoms with Crippen molar-refractivity contribution in [2.45, 2.75) is 20.0 Å². The number of aliphatic carboxylic acids is 1. The number of carboxylic acid groups (broad SMARTS) is 1. The lowest BCUT2D eigenvalue weighted by atomic mass is 10.3. The number of H-pyrrole nitrogens is 1. The zero-order valence-corrected chi connectivity index (χ0v) is 10.8. The van der Waals surface area contributed by atoms with Gasteiger partial charge in [-0.3, -0.25) is 14.6 Å². The fourth-order valence-corrected chi connectivity index (χ4v) is 1.56. The minimum atomic E-state index is -1.00. The summed E-state index contributed by atoms with van der Waals surface area (Å²) >= 11 is 0. The molecule has 9 heteroatoms. The summed E-state index contributed by atoms with van der Waals surface area (Å²) in [5.41, 5.74) is 2.20. The van der Waals surface area contributed by atoms with E-state index in [0.717, 1.165) is 11.3 Å². The van der Waals surface area contributed by atoms with Crippen molar-refractivity contribution in [1.29, 1.82) is 0 Å². The van der Waals surface area contributed by atoms with Crippen LogP contribution in [0.25, 0.3) is 0 Å². The fourth-order valence-electron chi connectivity index (χ4n) is 1.56. The molecule has 2 aromatic rings. The van der Waals surface area contributed by atoms with Crippen LogP contribution in [-0.4, -0.2) is 37.1 Å². The third-order valence-corrected chi connectivity index (χ3v) is 2.56. The Kier molecular flexibility index (Phi) is 3.99. The highest BCUT2D eigenvalue weighted by Gasteiger charge is 2.07. The van der Waals surface area contributed by atoms with Gasteiger partial charge < -0.3 is 15.7 Å². The predicted molar refractivity (Wildman–Crippen MR) is 69.0 cm³/mol. The first-order valence-electron chi connectivity index (χ1n) is 5.82. The van der Waals surface area contributed by atoms with Crippen LogP contribution in [0.4, 0.5) is 10.5 Å². The molecule has 0 saturated heterocycles. The summed E-state index contributed by atoms with van der Waals surface area (Å²) < 4.78 is 1.22. The minimum absolute atomic E-state index is 0.252. The number of aromatic amines is 1. The van der Waals surface area contributed by atoms with Crippen LogP contribution in [0.2, 0.25) is 0 Å². The van der Waals surface area contributed by atoms with Gasteiger partial charge in [0.2, 0.25) is 0 Å². The maximum absolute atomic E-state index is 11.6. The Hall–Kier alpha value is -2.84. The van der Waals surface area contributed by atoms with E-state index in [1.807, 2.05) is 6.92 Å². The summed E-state index contributed by atoms with van der Waals surface area (Å²) in [7, 11) is 0. The molecule has 2 amide bonds. The molecule has 2 heterocycles. The van der Waals surface area contributed by atoms with Crippen LogP contribution in [-0.2, 0) is 17.9 Å². The van der Waals surface area contributed by atoms with Crippen molar-refractivity contribution in [2.24, 2.45) is 0 Å². The summed E-state index contributed by atoms with van der Waals surface area (Å²) in [5.74, 6) is -1.00. The molecule has 2 aromatic heterocycles. The number of carbonyl (C=O) groups is 2. The molecule has 0 aromatic carbocycles. The highest BCUT2D eigenvalue weighted by molar-refractivity contribution is 5.88. The van der Waals surface area contributed by atoms with Gasteiger partial charge in [-0.25, -0.2) is 4.79 Å². The van der Waals surface area contributed by atoms with Gasteiger partial charge in [-0.1, -0.05) is 0 Å². The Morgan fingerprint density at radius 2 is 2.25 bits per heavy atom. The molecule has 0 aliphatic heterocycles. The van der Waals surface area contributed by atoms with E-state index in [2.05, 4.69) is 25.9 Å². The van der Waals surface area contributed by atoms with Crippen LogP contribution < -0.4 is 10.6 Å². The Balaban J connectivity index is 1.84. The third-order valence-electron chi connectivity index (χ3n) is 2.56. The summed E-state index contributed by atoms with van der Waals surface area (Å²) in [5, 5.41) is 24.3. The number of nitrogens with one attached hydrogen (secondary N) is 3. The zero-order valence-electron chi connectivity index (χ0n) is 10.8. The van der Waals surface area contributed by atoms with Gasteiger partial charge in [0.1, 0.15) is 6.54 Å². The van der Waals surface area contributed by atoms with Gasteiger partial charge in [-0.05, 0) is 6.92 Å². The molecule has 2 rings (SSSR count). The van der Waals surface area contributed by atoms with Crippen molar-refractivity contribution >= 4 is 17.7 Å². The largest absolute Gasteiger partial charge is 0.480 e. The molecule has 0 radical (unpaired) electrons. The molecule has 0 aliphatic rings. The van der Waals surface area contributed by atoms with E-state index in [9.17, 15) is 9.59 Å². The van der Waals surface area contributed by atoms with E-state index < -0.39 is 12.0 Å². The average Bonchev–Trinajstić information content (AvgIpc) is 2.96. The normalized spacial score (nSPS) is 10.2. The monoisotopic (exact) mass is 278 g/mol. The highest BCUT2D eigenvalue weighted by Crippen LogP contribution is 2.05. The molecule has 20 heavy (non-hydrogen) atoms. The van der Waals surface area contributed by atoms with Crippen molar-refractivity contribution in [3.05, 3.63) is 29.8 Å². The van der Waals surface area contributed by atoms with E-state index >= 15 is 0 Å². The molecule has 0 fully saturated rings. The van der Waals surface area contributed by atoms with Crippen LogP contribution >= 0.6 is 0 Å². The number of aromatic nitrogens is 4. The van der Waals surface area contributed by atoms with Gasteiger partial charge in [0.25, 0.3) is 0 Å². The highest BCUT2D eigenvalue weighted by atomic mass is 16.4. The molecule has 0 spiro atoms. The average molecular weight is 278 g/mol. The number of rotatable bonds is 5. The quantitative estimate of drug-likeness (QED) is 0.627. The maximum atomic E-state index is 11.6. The Bertz CT molecular complexity index is 617. The lowest BCUT2D eigenvalue weighted by Gasteiger charge is -2.04. The Morgan fingerprint density at radius 1 is 1.45 bits per heavy atom. The van der Waals surface area contributed by atoms with E-state index in [1.165, 1.54) is 17.1 Å². The van der Waals surface area contributed by atoms with Crippen molar-refractivity contribution in [3.63, 3.8) is 0 Å². The fraction of sp³-hybridized carbons (Fsp3) is 0.273. The van der Waals surface area contributed by atoms with Gasteiger partial charge in [0.15, 0.2) is 0 Å². The van der Waals surface area contributed by atoms with E-state index in [0.29, 0.717) is 12.2 Å². The van der Waals surface area contributed by atoms with Gasteiger partial charge in [0, 0.05) is 24.0 Å². The topological polar surface area (TPSA) is 125 Å². The molecule has 0 atom stereocenters. The second-order valence-electron chi connectivity index (χ2n) is 4.15. The number of anilines is 1. The minimum Gasteiger partial charge on any atom is -0.480 e. The standard InChI is InChI=1S/C11H14N6O3/c1-7-8(3-13-16-7)2-12-11(20)15-9-4-14-17(5-9)6-10(18)19/h3-5H,2,6H2,1H3,(H,13,16)(H,18,19)(H2,12,15,20). The van der Waals surface area contributed by atoms with Crippen molar-refractivity contribution in [2.75, 3.05) is 5.32 Å². The molecule has 9 nitrogen and oxygen atoms in total. The van der Waals surface area contributed by atoms with Crippen molar-refractivity contribution in [1.82, 2.24) is 25.3 Å².